The van der Waals surface area contributed by atoms with Crippen LogP contribution in [0, 0.1) is 11.6 Å². The summed E-state index contributed by atoms with van der Waals surface area (Å²) < 4.78 is 83.5. The standard InChI is InChI=1S/C20H13F4N3O3S/c21-14-9-18(30-20(23)24)15(22)8-17(14)27-31(28,29)12-7-16(26-10-12)13-5-1-3-11-4-2-6-25-19(11)13/h1-10,20,26-27H. The maximum Gasteiger partial charge on any atom is 0.387 e. The third-order valence-corrected chi connectivity index (χ3v) is 5.72. The fourth-order valence-corrected chi connectivity index (χ4v) is 4.05. The Bertz CT molecular complexity index is 1370. The van der Waals surface area contributed by atoms with Gasteiger partial charge < -0.3 is 9.72 Å². The molecule has 4 rings (SSSR count). The number of ether oxygens (including phenoxy) is 1. The van der Waals surface area contributed by atoms with E-state index in [0.717, 1.165) is 5.39 Å². The second kappa shape index (κ2) is 7.91. The topological polar surface area (TPSA) is 84.1 Å². The summed E-state index contributed by atoms with van der Waals surface area (Å²) in [6.07, 6.45) is 2.79. The van der Waals surface area contributed by atoms with E-state index in [1.807, 2.05) is 16.9 Å². The number of rotatable bonds is 6. The van der Waals surface area contributed by atoms with E-state index in [1.165, 1.54) is 12.3 Å². The highest BCUT2D eigenvalue weighted by molar-refractivity contribution is 7.92. The third kappa shape index (κ3) is 4.17. The average molecular weight is 451 g/mol. The molecule has 31 heavy (non-hydrogen) atoms. The molecule has 0 radical (unpaired) electrons. The molecule has 11 heteroatoms. The molecule has 0 aliphatic heterocycles. The summed E-state index contributed by atoms with van der Waals surface area (Å²) >= 11 is 0. The first-order valence-electron chi connectivity index (χ1n) is 8.74. The van der Waals surface area contributed by atoms with Crippen LogP contribution in [0.15, 0.2) is 65.8 Å². The summed E-state index contributed by atoms with van der Waals surface area (Å²) in [7, 11) is -4.33. The summed E-state index contributed by atoms with van der Waals surface area (Å²) in [5.41, 5.74) is 0.975. The van der Waals surface area contributed by atoms with Crippen LogP contribution in [0.4, 0.5) is 23.2 Å². The predicted molar refractivity (Wildman–Crippen MR) is 105 cm³/mol. The molecule has 2 aromatic heterocycles. The van der Waals surface area contributed by atoms with Crippen LogP contribution >= 0.6 is 0 Å². The van der Waals surface area contributed by atoms with Crippen LogP contribution in [0.3, 0.4) is 0 Å². The second-order valence-corrected chi connectivity index (χ2v) is 8.06. The first-order chi connectivity index (χ1) is 14.7. The minimum Gasteiger partial charge on any atom is -0.432 e. The van der Waals surface area contributed by atoms with Gasteiger partial charge in [0.25, 0.3) is 10.0 Å². The van der Waals surface area contributed by atoms with Crippen molar-refractivity contribution in [3.63, 3.8) is 0 Å². The molecule has 4 aromatic rings. The molecule has 0 saturated carbocycles. The molecule has 0 aliphatic rings. The quantitative estimate of drug-likeness (QED) is 0.408. The normalized spacial score (nSPS) is 11.8. The fraction of sp³-hybridized carbons (Fsp3) is 0.0500. The molecule has 160 valence electrons. The predicted octanol–water partition coefficient (Wildman–Crippen LogP) is 4.91. The van der Waals surface area contributed by atoms with E-state index in [4.69, 9.17) is 0 Å². The van der Waals surface area contributed by atoms with Gasteiger partial charge in [-0.3, -0.25) is 9.71 Å². The molecular weight excluding hydrogens is 438 g/mol. The Labute approximate surface area is 173 Å². The highest BCUT2D eigenvalue weighted by Crippen LogP contribution is 2.30. The van der Waals surface area contributed by atoms with Crippen LogP contribution in [-0.2, 0) is 10.0 Å². The molecule has 2 heterocycles. The van der Waals surface area contributed by atoms with Crippen molar-refractivity contribution in [3.8, 4) is 17.0 Å². The number of benzene rings is 2. The van der Waals surface area contributed by atoms with Gasteiger partial charge in [0.15, 0.2) is 17.4 Å². The maximum absolute atomic E-state index is 14.1. The molecule has 0 aliphatic carbocycles. The largest absolute Gasteiger partial charge is 0.432 e. The van der Waals surface area contributed by atoms with Crippen LogP contribution in [0.25, 0.3) is 22.2 Å². The fourth-order valence-electron chi connectivity index (χ4n) is 3.00. The lowest BCUT2D eigenvalue weighted by Crippen LogP contribution is -2.14. The van der Waals surface area contributed by atoms with Crippen LogP contribution in [0.5, 0.6) is 5.75 Å². The van der Waals surface area contributed by atoms with Crippen molar-refractivity contribution >= 4 is 26.6 Å². The van der Waals surface area contributed by atoms with Crippen molar-refractivity contribution in [2.45, 2.75) is 11.5 Å². The average Bonchev–Trinajstić information content (AvgIpc) is 3.22. The van der Waals surface area contributed by atoms with Crippen molar-refractivity contribution < 1.29 is 30.7 Å². The van der Waals surface area contributed by atoms with Gasteiger partial charge in [-0.15, -0.1) is 0 Å². The Hall–Kier alpha value is -3.60. The molecular formula is C20H13F4N3O3S. The number of anilines is 1. The number of alkyl halides is 2. The number of aromatic amines is 1. The van der Waals surface area contributed by atoms with Gasteiger partial charge in [-0.05, 0) is 12.1 Å². The summed E-state index contributed by atoms with van der Waals surface area (Å²) in [4.78, 5) is 6.89. The van der Waals surface area contributed by atoms with E-state index in [-0.39, 0.29) is 4.90 Å². The molecule has 0 unspecified atom stereocenters. The van der Waals surface area contributed by atoms with Crippen molar-refractivity contribution in [1.29, 1.82) is 0 Å². The number of fused-ring (bicyclic) bond motifs is 1. The van der Waals surface area contributed by atoms with E-state index in [1.54, 1.807) is 24.4 Å². The van der Waals surface area contributed by atoms with Gasteiger partial charge in [0.05, 0.1) is 11.2 Å². The van der Waals surface area contributed by atoms with Crippen LogP contribution < -0.4 is 9.46 Å². The van der Waals surface area contributed by atoms with E-state index < -0.39 is 39.7 Å². The maximum atomic E-state index is 14.1. The highest BCUT2D eigenvalue weighted by atomic mass is 32.2. The summed E-state index contributed by atoms with van der Waals surface area (Å²) in [6, 6.07) is 11.1. The van der Waals surface area contributed by atoms with Crippen LogP contribution in [0.2, 0.25) is 0 Å². The Balaban J connectivity index is 1.65. The number of hydrogen-bond acceptors (Lipinski definition) is 4. The van der Waals surface area contributed by atoms with Crippen molar-refractivity contribution in [3.05, 3.63) is 72.6 Å². The zero-order valence-electron chi connectivity index (χ0n) is 15.4. The number of sulfonamides is 1. The lowest BCUT2D eigenvalue weighted by Gasteiger charge is -2.11. The number of aromatic nitrogens is 2. The lowest BCUT2D eigenvalue weighted by molar-refractivity contribution is -0.0523. The van der Waals surface area contributed by atoms with Gasteiger partial charge in [-0.1, -0.05) is 24.3 Å². The van der Waals surface area contributed by atoms with E-state index in [0.29, 0.717) is 28.9 Å². The van der Waals surface area contributed by atoms with Crippen LogP contribution in [-0.4, -0.2) is 25.0 Å². The highest BCUT2D eigenvalue weighted by Gasteiger charge is 2.22. The Morgan fingerprint density at radius 2 is 1.81 bits per heavy atom. The Morgan fingerprint density at radius 1 is 1.03 bits per heavy atom. The minimum absolute atomic E-state index is 0.247. The third-order valence-electron chi connectivity index (χ3n) is 4.37. The van der Waals surface area contributed by atoms with Gasteiger partial charge in [0, 0.05) is 41.2 Å². The molecule has 0 atom stereocenters. The first kappa shape index (κ1) is 20.7. The zero-order chi connectivity index (χ0) is 22.2. The molecule has 6 nitrogen and oxygen atoms in total. The molecule has 0 fully saturated rings. The molecule has 0 bridgehead atoms. The molecule has 0 amide bonds. The summed E-state index contributed by atoms with van der Waals surface area (Å²) in [6.45, 7) is -3.36. The van der Waals surface area contributed by atoms with E-state index in [9.17, 15) is 26.0 Å². The minimum atomic E-state index is -4.33. The van der Waals surface area contributed by atoms with E-state index >= 15 is 0 Å². The number of para-hydroxylation sites is 1. The second-order valence-electron chi connectivity index (χ2n) is 6.38. The Kier molecular flexibility index (Phi) is 5.27. The zero-order valence-corrected chi connectivity index (χ0v) is 16.3. The van der Waals surface area contributed by atoms with Gasteiger partial charge in [-0.25, -0.2) is 17.2 Å². The van der Waals surface area contributed by atoms with Gasteiger partial charge in [0.1, 0.15) is 4.90 Å². The summed E-state index contributed by atoms with van der Waals surface area (Å²) in [5, 5.41) is 0.848. The monoisotopic (exact) mass is 451 g/mol. The number of nitrogens with zero attached hydrogens (tertiary/aromatic N) is 1. The van der Waals surface area contributed by atoms with E-state index in [2.05, 4.69) is 14.7 Å². The number of H-pyrrole nitrogens is 1. The van der Waals surface area contributed by atoms with Crippen molar-refractivity contribution in [1.82, 2.24) is 9.97 Å². The SMILES string of the molecule is O=S(=O)(Nc1cc(F)c(OC(F)F)cc1F)c1c[nH]c(-c2cccc3cccnc23)c1. The summed E-state index contributed by atoms with van der Waals surface area (Å²) in [5.74, 6) is -3.67. The van der Waals surface area contributed by atoms with Gasteiger partial charge in [0.2, 0.25) is 0 Å². The van der Waals surface area contributed by atoms with Crippen LogP contribution in [0.1, 0.15) is 0 Å². The Morgan fingerprint density at radius 3 is 2.58 bits per heavy atom. The first-order valence-corrected chi connectivity index (χ1v) is 10.2. The number of halogens is 4. The smallest absolute Gasteiger partial charge is 0.387 e. The number of nitrogens with one attached hydrogen (secondary N) is 2. The molecule has 2 N–H and O–H groups in total. The number of hydrogen-bond donors (Lipinski definition) is 2. The van der Waals surface area contributed by atoms with Gasteiger partial charge in [-0.2, -0.15) is 8.78 Å². The van der Waals surface area contributed by atoms with Crippen molar-refractivity contribution in [2.75, 3.05) is 4.72 Å². The number of pyridine rings is 1. The molecule has 2 aromatic carbocycles. The lowest BCUT2D eigenvalue weighted by atomic mass is 10.1. The van der Waals surface area contributed by atoms with Crippen molar-refractivity contribution in [2.24, 2.45) is 0 Å². The van der Waals surface area contributed by atoms with Gasteiger partial charge >= 0.3 is 6.61 Å². The molecule has 0 saturated heterocycles. The molecule has 0 spiro atoms.